The monoisotopic (exact) mass is 341 g/mol. The zero-order chi connectivity index (χ0) is 16.7. The first-order valence-corrected chi connectivity index (χ1v) is 9.59. The number of aliphatic hydroxyl groups is 1. The maximum absolute atomic E-state index is 12.8. The van der Waals surface area contributed by atoms with Gasteiger partial charge in [0.25, 0.3) is 0 Å². The second-order valence-electron chi connectivity index (χ2n) is 6.38. The SMILES string of the molecule is O=S(=O)(N[C@@H]1c2ccccc2C[C@H]1O)C1=Cc2ccccc2CC1. The third-order valence-corrected chi connectivity index (χ3v) is 6.42. The minimum Gasteiger partial charge on any atom is -0.391 e. The van der Waals surface area contributed by atoms with E-state index in [0.29, 0.717) is 24.2 Å². The molecule has 5 heteroatoms. The van der Waals surface area contributed by atoms with Crippen molar-refractivity contribution in [2.45, 2.75) is 31.4 Å². The van der Waals surface area contributed by atoms with Gasteiger partial charge in [-0.1, -0.05) is 48.5 Å². The smallest absolute Gasteiger partial charge is 0.237 e. The number of allylic oxidation sites excluding steroid dienone is 1. The molecule has 24 heavy (non-hydrogen) atoms. The number of hydrogen-bond donors (Lipinski definition) is 2. The molecule has 4 nitrogen and oxygen atoms in total. The molecule has 2 N–H and O–H groups in total. The van der Waals surface area contributed by atoms with E-state index in [2.05, 4.69) is 4.72 Å². The van der Waals surface area contributed by atoms with Crippen LogP contribution in [0.4, 0.5) is 0 Å². The molecular weight excluding hydrogens is 322 g/mol. The third-order valence-electron chi connectivity index (χ3n) is 4.84. The fourth-order valence-electron chi connectivity index (χ4n) is 3.58. The Balaban J connectivity index is 1.64. The van der Waals surface area contributed by atoms with E-state index in [1.807, 2.05) is 48.5 Å². The topological polar surface area (TPSA) is 66.4 Å². The molecule has 0 aliphatic heterocycles. The van der Waals surface area contributed by atoms with Gasteiger partial charge >= 0.3 is 0 Å². The van der Waals surface area contributed by atoms with Gasteiger partial charge in [0.2, 0.25) is 10.0 Å². The Bertz CT molecular complexity index is 918. The molecule has 0 unspecified atom stereocenters. The number of sulfonamides is 1. The lowest BCUT2D eigenvalue weighted by molar-refractivity contribution is 0.152. The normalized spacial score (nSPS) is 22.6. The number of hydrogen-bond acceptors (Lipinski definition) is 3. The summed E-state index contributed by atoms with van der Waals surface area (Å²) in [4.78, 5) is 0.387. The molecule has 2 aromatic rings. The minimum atomic E-state index is -3.63. The van der Waals surface area contributed by atoms with Crippen molar-refractivity contribution in [1.82, 2.24) is 4.72 Å². The molecule has 2 aliphatic rings. The van der Waals surface area contributed by atoms with Gasteiger partial charge in [0.15, 0.2) is 0 Å². The molecule has 2 aliphatic carbocycles. The van der Waals surface area contributed by atoms with Crippen LogP contribution in [0.15, 0.2) is 53.4 Å². The summed E-state index contributed by atoms with van der Waals surface area (Å²) in [6, 6.07) is 14.8. The van der Waals surface area contributed by atoms with Crippen LogP contribution in [0.3, 0.4) is 0 Å². The van der Waals surface area contributed by atoms with E-state index < -0.39 is 22.2 Å². The molecule has 2 atom stereocenters. The summed E-state index contributed by atoms with van der Waals surface area (Å²) in [6.07, 6.45) is 2.69. The van der Waals surface area contributed by atoms with Crippen LogP contribution in [0.5, 0.6) is 0 Å². The first-order chi connectivity index (χ1) is 11.5. The average Bonchev–Trinajstić information content (AvgIpc) is 2.90. The molecule has 0 aromatic heterocycles. The number of fused-ring (bicyclic) bond motifs is 2. The minimum absolute atomic E-state index is 0.387. The lowest BCUT2D eigenvalue weighted by Crippen LogP contribution is -2.35. The maximum Gasteiger partial charge on any atom is 0.237 e. The molecule has 0 heterocycles. The largest absolute Gasteiger partial charge is 0.391 e. The highest BCUT2D eigenvalue weighted by molar-refractivity contribution is 7.93. The van der Waals surface area contributed by atoms with Gasteiger partial charge in [0, 0.05) is 6.42 Å². The van der Waals surface area contributed by atoms with Gasteiger partial charge in [-0.2, -0.15) is 0 Å². The molecule has 0 bridgehead atoms. The van der Waals surface area contributed by atoms with E-state index in [4.69, 9.17) is 0 Å². The fourth-order valence-corrected chi connectivity index (χ4v) is 5.00. The summed E-state index contributed by atoms with van der Waals surface area (Å²) in [5.41, 5.74) is 3.99. The molecule has 0 fully saturated rings. The summed E-state index contributed by atoms with van der Waals surface area (Å²) < 4.78 is 28.3. The van der Waals surface area contributed by atoms with Gasteiger partial charge in [-0.3, -0.25) is 0 Å². The Morgan fingerprint density at radius 2 is 1.67 bits per heavy atom. The number of nitrogens with one attached hydrogen (secondary N) is 1. The Labute approximate surface area is 141 Å². The van der Waals surface area contributed by atoms with E-state index in [1.54, 1.807) is 6.08 Å². The van der Waals surface area contributed by atoms with Crippen molar-refractivity contribution in [2.75, 3.05) is 0 Å². The average molecular weight is 341 g/mol. The summed E-state index contributed by atoms with van der Waals surface area (Å²) in [6.45, 7) is 0. The Kier molecular flexibility index (Phi) is 3.79. The molecule has 0 spiro atoms. The lowest BCUT2D eigenvalue weighted by Gasteiger charge is -2.21. The van der Waals surface area contributed by atoms with Gasteiger partial charge < -0.3 is 5.11 Å². The van der Waals surface area contributed by atoms with Crippen molar-refractivity contribution in [3.63, 3.8) is 0 Å². The van der Waals surface area contributed by atoms with E-state index in [9.17, 15) is 13.5 Å². The molecule has 124 valence electrons. The van der Waals surface area contributed by atoms with E-state index in [-0.39, 0.29) is 0 Å². The molecule has 0 saturated heterocycles. The predicted molar refractivity (Wildman–Crippen MR) is 93.7 cm³/mol. The van der Waals surface area contributed by atoms with Crippen molar-refractivity contribution in [2.24, 2.45) is 0 Å². The van der Waals surface area contributed by atoms with Crippen LogP contribution >= 0.6 is 0 Å². The summed E-state index contributed by atoms with van der Waals surface area (Å²) in [5.74, 6) is 0. The first kappa shape index (κ1) is 15.6. The van der Waals surface area contributed by atoms with Crippen molar-refractivity contribution in [3.05, 3.63) is 75.7 Å². The van der Waals surface area contributed by atoms with Gasteiger partial charge in [-0.05, 0) is 41.2 Å². The van der Waals surface area contributed by atoms with Crippen LogP contribution in [0, 0.1) is 0 Å². The number of aryl methyl sites for hydroxylation is 1. The second-order valence-corrected chi connectivity index (χ2v) is 8.15. The molecule has 0 amide bonds. The van der Waals surface area contributed by atoms with Crippen LogP contribution in [0.25, 0.3) is 6.08 Å². The van der Waals surface area contributed by atoms with Crippen molar-refractivity contribution < 1.29 is 13.5 Å². The van der Waals surface area contributed by atoms with Gasteiger partial charge in [0.05, 0.1) is 17.1 Å². The highest BCUT2D eigenvalue weighted by Gasteiger charge is 2.35. The van der Waals surface area contributed by atoms with Crippen molar-refractivity contribution >= 4 is 16.1 Å². The zero-order valence-corrected chi connectivity index (χ0v) is 14.0. The number of benzene rings is 2. The van der Waals surface area contributed by atoms with Crippen LogP contribution in [-0.2, 0) is 22.9 Å². The highest BCUT2D eigenvalue weighted by Crippen LogP contribution is 2.34. The molecular formula is C19H19NO3S. The van der Waals surface area contributed by atoms with Crippen LogP contribution in [-0.4, -0.2) is 19.6 Å². The van der Waals surface area contributed by atoms with Crippen molar-refractivity contribution in [1.29, 1.82) is 0 Å². The highest BCUT2D eigenvalue weighted by atomic mass is 32.2. The van der Waals surface area contributed by atoms with E-state index in [1.165, 1.54) is 5.56 Å². The predicted octanol–water partition coefficient (Wildman–Crippen LogP) is 2.55. The second kappa shape index (κ2) is 5.84. The van der Waals surface area contributed by atoms with E-state index >= 15 is 0 Å². The van der Waals surface area contributed by atoms with Gasteiger partial charge in [-0.15, -0.1) is 0 Å². The Hall–Kier alpha value is -1.95. The van der Waals surface area contributed by atoms with Crippen LogP contribution in [0.2, 0.25) is 0 Å². The van der Waals surface area contributed by atoms with Crippen LogP contribution in [0.1, 0.15) is 34.7 Å². The standard InChI is InChI=1S/C19H19NO3S/c21-18-12-15-7-3-4-8-17(15)19(18)20-24(22,23)16-10-9-13-5-1-2-6-14(13)11-16/h1-8,11,18-21H,9-10,12H2/t18-,19-/m1/s1. The van der Waals surface area contributed by atoms with Gasteiger partial charge in [-0.25, -0.2) is 13.1 Å². The summed E-state index contributed by atoms with van der Waals surface area (Å²) >= 11 is 0. The number of rotatable bonds is 3. The Morgan fingerprint density at radius 3 is 2.50 bits per heavy atom. The first-order valence-electron chi connectivity index (χ1n) is 8.11. The zero-order valence-electron chi connectivity index (χ0n) is 13.1. The molecule has 2 aromatic carbocycles. The third kappa shape index (κ3) is 2.69. The molecule has 0 saturated carbocycles. The molecule has 0 radical (unpaired) electrons. The maximum atomic E-state index is 12.8. The van der Waals surface area contributed by atoms with Crippen molar-refractivity contribution in [3.8, 4) is 0 Å². The van der Waals surface area contributed by atoms with Crippen LogP contribution < -0.4 is 4.72 Å². The lowest BCUT2D eigenvalue weighted by atomic mass is 9.98. The van der Waals surface area contributed by atoms with E-state index in [0.717, 1.165) is 16.7 Å². The quantitative estimate of drug-likeness (QED) is 0.902. The summed E-state index contributed by atoms with van der Waals surface area (Å²) in [5, 5.41) is 10.3. The van der Waals surface area contributed by atoms with Gasteiger partial charge in [0.1, 0.15) is 0 Å². The molecule has 4 rings (SSSR count). The fraction of sp³-hybridized carbons (Fsp3) is 0.263. The summed E-state index contributed by atoms with van der Waals surface area (Å²) in [7, 11) is -3.63. The number of aliphatic hydroxyl groups excluding tert-OH is 1. The Morgan fingerprint density at radius 1 is 0.958 bits per heavy atom.